The zero-order chi connectivity index (χ0) is 35.0. The van der Waals surface area contributed by atoms with Crippen molar-refractivity contribution in [1.82, 2.24) is 0 Å². The predicted molar refractivity (Wildman–Crippen MR) is 174 cm³/mol. The molecule has 0 aromatic rings. The molecule has 1 aliphatic heterocycles. The molecule has 0 aromatic carbocycles. The van der Waals surface area contributed by atoms with Crippen LogP contribution < -0.4 is 0 Å². The van der Waals surface area contributed by atoms with E-state index in [0.717, 1.165) is 44.1 Å². The number of hydrogen-bond donors (Lipinski definition) is 6. The van der Waals surface area contributed by atoms with E-state index in [1.807, 2.05) is 0 Å². The summed E-state index contributed by atoms with van der Waals surface area (Å²) < 4.78 is 11.9. The molecule has 0 aromatic heterocycles. The van der Waals surface area contributed by atoms with Gasteiger partial charge >= 0.3 is 11.9 Å². The van der Waals surface area contributed by atoms with Gasteiger partial charge in [-0.25, -0.2) is 4.79 Å². The maximum atomic E-state index is 13.3. The topological polar surface area (TPSA) is 174 Å². The average Bonchev–Trinajstić information content (AvgIpc) is 3.00. The fraction of sp³-hybridized carbons (Fsp3) is 0.842. The summed E-state index contributed by atoms with van der Waals surface area (Å²) in [4.78, 5) is 25.1. The minimum absolute atomic E-state index is 0.0894. The second-order valence-electron chi connectivity index (χ2n) is 18.4. The van der Waals surface area contributed by atoms with Gasteiger partial charge in [-0.3, -0.25) is 4.79 Å². The third kappa shape index (κ3) is 4.02. The van der Waals surface area contributed by atoms with Crippen molar-refractivity contribution in [2.75, 3.05) is 0 Å². The highest BCUT2D eigenvalue weighted by molar-refractivity contribution is 5.79. The number of carbonyl (C=O) groups is 2. The summed E-state index contributed by atoms with van der Waals surface area (Å²) >= 11 is 0. The Morgan fingerprint density at radius 3 is 2.19 bits per heavy atom. The molecule has 1 spiro atoms. The predicted octanol–water partition coefficient (Wildman–Crippen LogP) is 4.43. The van der Waals surface area contributed by atoms with E-state index in [2.05, 4.69) is 59.8 Å². The van der Waals surface area contributed by atoms with Crippen LogP contribution in [0, 0.1) is 49.7 Å². The molecule has 48 heavy (non-hydrogen) atoms. The molecule has 4 saturated carbocycles. The number of carboxylic acid groups (broad SMARTS) is 2. The Labute approximate surface area is 283 Å². The molecular formula is C38H56O10. The second kappa shape index (κ2) is 10.6. The van der Waals surface area contributed by atoms with Gasteiger partial charge in [-0.2, -0.15) is 0 Å². The monoisotopic (exact) mass is 672 g/mol. The molecule has 2 bridgehead atoms. The van der Waals surface area contributed by atoms with Crippen molar-refractivity contribution in [1.29, 1.82) is 0 Å². The van der Waals surface area contributed by atoms with Crippen LogP contribution in [-0.4, -0.2) is 85.5 Å². The maximum absolute atomic E-state index is 13.3. The van der Waals surface area contributed by atoms with Crippen molar-refractivity contribution in [3.05, 3.63) is 23.8 Å². The van der Waals surface area contributed by atoms with Gasteiger partial charge in [0.2, 0.25) is 0 Å². The van der Waals surface area contributed by atoms with E-state index in [1.165, 1.54) is 0 Å². The van der Waals surface area contributed by atoms with Crippen LogP contribution in [0.25, 0.3) is 0 Å². The molecule has 10 nitrogen and oxygen atoms in total. The van der Waals surface area contributed by atoms with Gasteiger partial charge in [0.25, 0.3) is 0 Å². The first-order valence-corrected chi connectivity index (χ1v) is 18.2. The fourth-order valence-electron chi connectivity index (χ4n) is 13.4. The van der Waals surface area contributed by atoms with Crippen LogP contribution in [0.2, 0.25) is 0 Å². The van der Waals surface area contributed by atoms with Crippen molar-refractivity contribution in [2.45, 2.75) is 149 Å². The van der Waals surface area contributed by atoms with Crippen LogP contribution in [0.5, 0.6) is 0 Å². The SMILES string of the molecule is CC12CC=CC3(C4=CCC5C6(C)CCC(OC7OC(C(=O)O)C(O)C(O)C7O)C(C)(C)C6CCC5(C)C4(C)CCC3(C(=O)O)CC1)C2O. The summed E-state index contributed by atoms with van der Waals surface area (Å²) in [6.45, 7) is 13.7. The Morgan fingerprint density at radius 2 is 1.52 bits per heavy atom. The summed E-state index contributed by atoms with van der Waals surface area (Å²) in [6, 6.07) is 0. The van der Waals surface area contributed by atoms with Gasteiger partial charge < -0.3 is 40.1 Å². The fourth-order valence-corrected chi connectivity index (χ4v) is 13.4. The van der Waals surface area contributed by atoms with Gasteiger partial charge in [0.05, 0.1) is 23.0 Å². The molecule has 1 heterocycles. The first kappa shape index (κ1) is 34.6. The molecule has 15 atom stereocenters. The lowest BCUT2D eigenvalue weighted by Crippen LogP contribution is -2.71. The number of aliphatic hydroxyl groups excluding tert-OH is 4. The lowest BCUT2D eigenvalue weighted by atomic mass is 9.30. The molecule has 6 aliphatic carbocycles. The minimum Gasteiger partial charge on any atom is -0.481 e. The lowest BCUT2D eigenvalue weighted by Gasteiger charge is -2.74. The summed E-state index contributed by atoms with van der Waals surface area (Å²) in [7, 11) is 0. The molecule has 268 valence electrons. The summed E-state index contributed by atoms with van der Waals surface area (Å²) in [5.41, 5.74) is -2.08. The summed E-state index contributed by atoms with van der Waals surface area (Å²) in [5, 5.41) is 64.1. The van der Waals surface area contributed by atoms with Crippen molar-refractivity contribution < 1.29 is 49.7 Å². The molecule has 0 amide bonds. The first-order chi connectivity index (χ1) is 22.3. The van der Waals surface area contributed by atoms with Crippen LogP contribution in [0.1, 0.15) is 106 Å². The van der Waals surface area contributed by atoms with Crippen molar-refractivity contribution in [2.24, 2.45) is 49.7 Å². The minimum atomic E-state index is -1.77. The molecule has 15 unspecified atom stereocenters. The molecule has 5 fully saturated rings. The molecular weight excluding hydrogens is 616 g/mol. The van der Waals surface area contributed by atoms with Crippen LogP contribution in [0.15, 0.2) is 23.8 Å². The average molecular weight is 673 g/mol. The number of fused-ring (bicyclic) bond motifs is 6. The van der Waals surface area contributed by atoms with Gasteiger partial charge in [0.15, 0.2) is 12.4 Å². The van der Waals surface area contributed by atoms with E-state index in [4.69, 9.17) is 9.47 Å². The van der Waals surface area contributed by atoms with E-state index in [1.54, 1.807) is 0 Å². The number of aliphatic carboxylic acids is 2. The van der Waals surface area contributed by atoms with Gasteiger partial charge in [0.1, 0.15) is 18.3 Å². The quantitative estimate of drug-likeness (QED) is 0.185. The van der Waals surface area contributed by atoms with Crippen LogP contribution in [-0.2, 0) is 19.1 Å². The Bertz CT molecular complexity index is 1440. The summed E-state index contributed by atoms with van der Waals surface area (Å²) in [5.74, 6) is -1.69. The lowest BCUT2D eigenvalue weighted by molar-refractivity contribution is -0.324. The molecule has 6 N–H and O–H groups in total. The van der Waals surface area contributed by atoms with Gasteiger partial charge in [-0.15, -0.1) is 0 Å². The molecule has 0 radical (unpaired) electrons. The zero-order valence-corrected chi connectivity index (χ0v) is 29.3. The molecule has 7 rings (SSSR count). The molecule has 1 saturated heterocycles. The van der Waals surface area contributed by atoms with Crippen molar-refractivity contribution in [3.63, 3.8) is 0 Å². The number of ether oxygens (including phenoxy) is 2. The van der Waals surface area contributed by atoms with Gasteiger partial charge in [-0.05, 0) is 103 Å². The second-order valence-corrected chi connectivity index (χ2v) is 18.4. The Balaban J connectivity index is 1.23. The Hall–Kier alpha value is -1.82. The zero-order valence-electron chi connectivity index (χ0n) is 29.3. The van der Waals surface area contributed by atoms with Crippen LogP contribution in [0.3, 0.4) is 0 Å². The highest BCUT2D eigenvalue weighted by Gasteiger charge is 2.76. The smallest absolute Gasteiger partial charge is 0.335 e. The number of allylic oxidation sites excluding steroid dienone is 2. The third-order valence-electron chi connectivity index (χ3n) is 16.4. The van der Waals surface area contributed by atoms with Crippen LogP contribution in [0.4, 0.5) is 0 Å². The van der Waals surface area contributed by atoms with E-state index in [0.29, 0.717) is 31.6 Å². The third-order valence-corrected chi connectivity index (χ3v) is 16.4. The first-order valence-electron chi connectivity index (χ1n) is 18.2. The Morgan fingerprint density at radius 1 is 0.833 bits per heavy atom. The van der Waals surface area contributed by atoms with Gasteiger partial charge in [-0.1, -0.05) is 65.3 Å². The van der Waals surface area contributed by atoms with Crippen molar-refractivity contribution in [3.8, 4) is 0 Å². The summed E-state index contributed by atoms with van der Waals surface area (Å²) in [6.07, 6.45) is 4.77. The van der Waals surface area contributed by atoms with E-state index in [-0.39, 0.29) is 39.1 Å². The number of rotatable bonds is 4. The standard InChI is InChI=1S/C38H56O10/c1-32(2)20-10-15-35(5)21(34(20,4)14-11-23(32)47-29-26(41)24(39)25(40)27(48-29)28(42)43)8-9-22-36(35,6)17-19-37(31(45)46)18-16-33(3)12-7-13-38(22,37)30(33)44/h7,9,13,20-21,23-27,29-30,39-41,44H,8,10-12,14-19H2,1-6H3,(H,42,43)(H,45,46). The molecule has 7 aliphatic rings. The van der Waals surface area contributed by atoms with Gasteiger partial charge in [0, 0.05) is 0 Å². The van der Waals surface area contributed by atoms with Crippen molar-refractivity contribution >= 4 is 11.9 Å². The normalized spacial score (nSPS) is 55.3. The highest BCUT2D eigenvalue weighted by Crippen LogP contribution is 2.79. The number of carboxylic acids is 2. The number of aliphatic hydroxyl groups is 4. The Kier molecular flexibility index (Phi) is 7.65. The van der Waals surface area contributed by atoms with Crippen LogP contribution >= 0.6 is 0 Å². The van der Waals surface area contributed by atoms with E-state index >= 15 is 0 Å². The van der Waals surface area contributed by atoms with E-state index in [9.17, 15) is 40.2 Å². The van der Waals surface area contributed by atoms with E-state index < -0.39 is 59.6 Å². The number of hydrogen-bond acceptors (Lipinski definition) is 8. The largest absolute Gasteiger partial charge is 0.481 e. The molecule has 10 heteroatoms. The maximum Gasteiger partial charge on any atom is 0.335 e. The highest BCUT2D eigenvalue weighted by atomic mass is 16.7.